The lowest BCUT2D eigenvalue weighted by molar-refractivity contribution is 0.588. The van der Waals surface area contributed by atoms with Gasteiger partial charge in [0.1, 0.15) is 0 Å². The van der Waals surface area contributed by atoms with Crippen LogP contribution >= 0.6 is 15.9 Å². The van der Waals surface area contributed by atoms with E-state index in [0.29, 0.717) is 11.3 Å². The van der Waals surface area contributed by atoms with E-state index in [1.54, 1.807) is 18.3 Å². The molecule has 0 amide bonds. The summed E-state index contributed by atoms with van der Waals surface area (Å²) in [5.41, 5.74) is 3.16. The number of hydrogen-bond acceptors (Lipinski definition) is 4. The fourth-order valence-electron chi connectivity index (χ4n) is 3.18. The van der Waals surface area contributed by atoms with Gasteiger partial charge in [0.05, 0.1) is 10.6 Å². The van der Waals surface area contributed by atoms with Crippen molar-refractivity contribution in [3.63, 3.8) is 0 Å². The molecule has 3 aromatic rings. The van der Waals surface area contributed by atoms with Gasteiger partial charge >= 0.3 is 0 Å². The van der Waals surface area contributed by atoms with Crippen LogP contribution < -0.4 is 5.32 Å². The molecule has 134 valence electrons. The zero-order chi connectivity index (χ0) is 18.3. The minimum Gasteiger partial charge on any atom is -0.313 e. The number of pyridine rings is 1. The number of aromatic nitrogens is 2. The van der Waals surface area contributed by atoms with Crippen LogP contribution in [0.5, 0.6) is 0 Å². The SMILES string of the molecule is Cc1ccc(S(=O)(=O)n2c(C3=CCNCC3)cc3c(Br)ccnc32)cc1. The van der Waals surface area contributed by atoms with Gasteiger partial charge in [-0.15, -0.1) is 0 Å². The van der Waals surface area contributed by atoms with Crippen LogP contribution in [0.1, 0.15) is 17.7 Å². The molecule has 0 saturated carbocycles. The first kappa shape index (κ1) is 17.5. The van der Waals surface area contributed by atoms with Gasteiger partial charge < -0.3 is 5.32 Å². The Morgan fingerprint density at radius 2 is 1.96 bits per heavy atom. The van der Waals surface area contributed by atoms with Gasteiger partial charge in [0.25, 0.3) is 10.0 Å². The van der Waals surface area contributed by atoms with Crippen LogP contribution in [0.4, 0.5) is 0 Å². The minimum atomic E-state index is -3.76. The van der Waals surface area contributed by atoms with Gasteiger partial charge in [-0.3, -0.25) is 0 Å². The molecular weight excluding hydrogens is 414 g/mol. The van der Waals surface area contributed by atoms with Crippen molar-refractivity contribution in [1.29, 1.82) is 0 Å². The van der Waals surface area contributed by atoms with Gasteiger partial charge in [0, 0.05) is 22.6 Å². The Morgan fingerprint density at radius 1 is 1.19 bits per heavy atom. The molecule has 1 aliphatic heterocycles. The van der Waals surface area contributed by atoms with E-state index in [4.69, 9.17) is 0 Å². The largest absolute Gasteiger partial charge is 0.313 e. The standard InChI is InChI=1S/C19H18BrN3O2S/c1-13-2-4-15(5-3-13)26(24,25)23-18(14-6-9-21-10-7-14)12-16-17(20)8-11-22-19(16)23/h2-6,8,11-12,21H,7,9-10H2,1H3. The fourth-order valence-corrected chi connectivity index (χ4v) is 5.08. The summed E-state index contributed by atoms with van der Waals surface area (Å²) in [6.45, 7) is 3.49. The predicted molar refractivity (Wildman–Crippen MR) is 107 cm³/mol. The molecule has 0 aliphatic carbocycles. The molecule has 1 N–H and O–H groups in total. The molecule has 4 rings (SSSR count). The highest BCUT2D eigenvalue weighted by Gasteiger charge is 2.26. The molecule has 2 aromatic heterocycles. The molecule has 26 heavy (non-hydrogen) atoms. The summed E-state index contributed by atoms with van der Waals surface area (Å²) in [5, 5.41) is 4.06. The summed E-state index contributed by atoms with van der Waals surface area (Å²) in [6, 6.07) is 10.7. The number of halogens is 1. The van der Waals surface area contributed by atoms with Gasteiger partial charge in [-0.25, -0.2) is 17.4 Å². The van der Waals surface area contributed by atoms with Crippen molar-refractivity contribution in [3.05, 3.63) is 64.4 Å². The first-order valence-electron chi connectivity index (χ1n) is 8.37. The maximum absolute atomic E-state index is 13.5. The number of rotatable bonds is 3. The lowest BCUT2D eigenvalue weighted by Gasteiger charge is -2.17. The zero-order valence-corrected chi connectivity index (χ0v) is 16.6. The second-order valence-electron chi connectivity index (χ2n) is 6.33. The van der Waals surface area contributed by atoms with Gasteiger partial charge in [0.2, 0.25) is 0 Å². The highest BCUT2D eigenvalue weighted by Crippen LogP contribution is 2.33. The Bertz CT molecular complexity index is 1120. The second-order valence-corrected chi connectivity index (χ2v) is 8.97. The first-order valence-corrected chi connectivity index (χ1v) is 10.6. The normalized spacial score (nSPS) is 15.2. The van der Waals surface area contributed by atoms with Crippen LogP contribution in [-0.2, 0) is 10.0 Å². The minimum absolute atomic E-state index is 0.262. The van der Waals surface area contributed by atoms with Crippen LogP contribution in [0.15, 0.2) is 58.0 Å². The molecule has 0 atom stereocenters. The molecule has 0 unspecified atom stereocenters. The quantitative estimate of drug-likeness (QED) is 0.685. The van der Waals surface area contributed by atoms with Gasteiger partial charge in [-0.1, -0.05) is 23.8 Å². The van der Waals surface area contributed by atoms with Crippen molar-refractivity contribution < 1.29 is 8.42 Å². The number of benzene rings is 1. The van der Waals surface area contributed by atoms with Crippen molar-refractivity contribution in [2.24, 2.45) is 0 Å². The molecule has 0 fully saturated rings. The number of aryl methyl sites for hydroxylation is 1. The monoisotopic (exact) mass is 431 g/mol. The van der Waals surface area contributed by atoms with E-state index in [9.17, 15) is 8.42 Å². The summed E-state index contributed by atoms with van der Waals surface area (Å²) < 4.78 is 29.1. The molecule has 0 radical (unpaired) electrons. The highest BCUT2D eigenvalue weighted by atomic mass is 79.9. The third-order valence-corrected chi connectivity index (χ3v) is 6.97. The predicted octanol–water partition coefficient (Wildman–Crippen LogP) is 3.72. The summed E-state index contributed by atoms with van der Waals surface area (Å²) in [6.07, 6.45) is 4.44. The average molecular weight is 432 g/mol. The Morgan fingerprint density at radius 3 is 2.65 bits per heavy atom. The molecule has 5 nitrogen and oxygen atoms in total. The third kappa shape index (κ3) is 2.90. The molecule has 0 saturated heterocycles. The van der Waals surface area contributed by atoms with Crippen molar-refractivity contribution in [1.82, 2.24) is 14.3 Å². The second kappa shape index (κ2) is 6.64. The van der Waals surface area contributed by atoms with E-state index in [1.807, 2.05) is 37.3 Å². The molecule has 3 heterocycles. The molecule has 1 aromatic carbocycles. The van der Waals surface area contributed by atoms with Crippen LogP contribution in [0, 0.1) is 6.92 Å². The van der Waals surface area contributed by atoms with E-state index in [-0.39, 0.29) is 4.90 Å². The van der Waals surface area contributed by atoms with E-state index >= 15 is 0 Å². The molecule has 0 spiro atoms. The Balaban J connectivity index is 2.02. The molecule has 0 bridgehead atoms. The highest BCUT2D eigenvalue weighted by molar-refractivity contribution is 9.10. The van der Waals surface area contributed by atoms with Crippen LogP contribution in [0.25, 0.3) is 16.6 Å². The van der Waals surface area contributed by atoms with Crippen LogP contribution in [-0.4, -0.2) is 30.5 Å². The van der Waals surface area contributed by atoms with E-state index < -0.39 is 10.0 Å². The maximum Gasteiger partial charge on any atom is 0.269 e. The Labute approximate surface area is 160 Å². The van der Waals surface area contributed by atoms with Gasteiger partial charge in [0.15, 0.2) is 5.65 Å². The Hall–Kier alpha value is -1.96. The van der Waals surface area contributed by atoms with Crippen molar-refractivity contribution in [2.45, 2.75) is 18.2 Å². The topological polar surface area (TPSA) is 64.0 Å². The average Bonchev–Trinajstić information content (AvgIpc) is 3.05. The molecule has 7 heteroatoms. The number of nitrogens with zero attached hydrogens (tertiary/aromatic N) is 2. The number of hydrogen-bond donors (Lipinski definition) is 1. The summed E-state index contributed by atoms with van der Waals surface area (Å²) in [7, 11) is -3.76. The van der Waals surface area contributed by atoms with E-state index in [2.05, 4.69) is 26.2 Å². The van der Waals surface area contributed by atoms with Crippen molar-refractivity contribution in [2.75, 3.05) is 13.1 Å². The van der Waals surface area contributed by atoms with Gasteiger partial charge in [-0.2, -0.15) is 0 Å². The van der Waals surface area contributed by atoms with E-state index in [1.165, 1.54) is 3.97 Å². The summed E-state index contributed by atoms with van der Waals surface area (Å²) >= 11 is 3.52. The fraction of sp³-hybridized carbons (Fsp3) is 0.211. The van der Waals surface area contributed by atoms with Gasteiger partial charge in [-0.05, 0) is 65.7 Å². The smallest absolute Gasteiger partial charge is 0.269 e. The van der Waals surface area contributed by atoms with E-state index in [0.717, 1.165) is 40.5 Å². The third-order valence-electron chi connectivity index (χ3n) is 4.56. The maximum atomic E-state index is 13.5. The van der Waals surface area contributed by atoms with Crippen LogP contribution in [0.2, 0.25) is 0 Å². The number of nitrogens with one attached hydrogen (secondary N) is 1. The number of fused-ring (bicyclic) bond motifs is 1. The summed E-state index contributed by atoms with van der Waals surface area (Å²) in [5.74, 6) is 0. The lowest BCUT2D eigenvalue weighted by Crippen LogP contribution is -2.22. The summed E-state index contributed by atoms with van der Waals surface area (Å²) in [4.78, 5) is 4.64. The molecule has 1 aliphatic rings. The van der Waals surface area contributed by atoms with Crippen molar-refractivity contribution >= 4 is 42.6 Å². The zero-order valence-electron chi connectivity index (χ0n) is 14.2. The Kier molecular flexibility index (Phi) is 4.46. The van der Waals surface area contributed by atoms with Crippen molar-refractivity contribution in [3.8, 4) is 0 Å². The van der Waals surface area contributed by atoms with Crippen LogP contribution in [0.3, 0.4) is 0 Å². The lowest BCUT2D eigenvalue weighted by atomic mass is 10.1. The first-order chi connectivity index (χ1) is 12.5. The molecular formula is C19H18BrN3O2S.